The molecule has 0 radical (unpaired) electrons. The Morgan fingerprint density at radius 2 is 2.40 bits per heavy atom. The number of hydrogen-bond donors (Lipinski definition) is 1. The van der Waals surface area contributed by atoms with Crippen molar-refractivity contribution >= 4 is 11.3 Å². The summed E-state index contributed by atoms with van der Waals surface area (Å²) < 4.78 is 5.39. The zero-order valence-electron chi connectivity index (χ0n) is 11.5. The van der Waals surface area contributed by atoms with E-state index in [0.29, 0.717) is 17.8 Å². The van der Waals surface area contributed by atoms with Crippen molar-refractivity contribution in [3.05, 3.63) is 22.7 Å². The Balaban J connectivity index is 1.67. The fourth-order valence-corrected chi connectivity index (χ4v) is 3.42. The third-order valence-corrected chi connectivity index (χ3v) is 4.52. The second kappa shape index (κ2) is 6.47. The van der Waals surface area contributed by atoms with Crippen molar-refractivity contribution in [1.82, 2.24) is 15.0 Å². The van der Waals surface area contributed by atoms with Crippen molar-refractivity contribution in [2.75, 3.05) is 13.1 Å². The summed E-state index contributed by atoms with van der Waals surface area (Å²) in [5.74, 6) is 1.39. The van der Waals surface area contributed by atoms with Gasteiger partial charge in [-0.05, 0) is 43.8 Å². The molecule has 0 aliphatic carbocycles. The van der Waals surface area contributed by atoms with Gasteiger partial charge < -0.3 is 10.3 Å². The minimum absolute atomic E-state index is 0.560. The Kier molecular flexibility index (Phi) is 4.44. The van der Waals surface area contributed by atoms with Crippen molar-refractivity contribution in [2.24, 2.45) is 5.73 Å². The first-order valence-corrected chi connectivity index (χ1v) is 8.10. The van der Waals surface area contributed by atoms with Crippen molar-refractivity contribution in [2.45, 2.75) is 38.3 Å². The molecule has 108 valence electrons. The van der Waals surface area contributed by atoms with E-state index in [9.17, 15) is 0 Å². The van der Waals surface area contributed by atoms with Gasteiger partial charge in [-0.1, -0.05) is 11.6 Å². The van der Waals surface area contributed by atoms with Gasteiger partial charge in [0.05, 0.1) is 6.54 Å². The molecule has 6 heteroatoms. The van der Waals surface area contributed by atoms with Gasteiger partial charge in [-0.15, -0.1) is 0 Å². The molecule has 1 atom stereocenters. The van der Waals surface area contributed by atoms with Crippen molar-refractivity contribution in [3.63, 3.8) is 0 Å². The van der Waals surface area contributed by atoms with Gasteiger partial charge in [0.15, 0.2) is 0 Å². The predicted molar refractivity (Wildman–Crippen MR) is 79.3 cm³/mol. The lowest BCUT2D eigenvalue weighted by Gasteiger charge is -2.34. The molecular formula is C14H20N4OS. The number of likely N-dealkylation sites (tertiary alicyclic amines) is 1. The van der Waals surface area contributed by atoms with Crippen molar-refractivity contribution < 1.29 is 4.52 Å². The molecule has 2 aromatic rings. The van der Waals surface area contributed by atoms with E-state index in [-0.39, 0.29) is 0 Å². The maximum absolute atomic E-state index is 5.71. The average Bonchev–Trinajstić information content (AvgIpc) is 3.12. The summed E-state index contributed by atoms with van der Waals surface area (Å²) in [4.78, 5) is 6.93. The minimum Gasteiger partial charge on any atom is -0.338 e. The summed E-state index contributed by atoms with van der Waals surface area (Å²) in [5, 5.41) is 8.12. The van der Waals surface area contributed by atoms with E-state index in [0.717, 1.165) is 31.6 Å². The van der Waals surface area contributed by atoms with Gasteiger partial charge in [-0.25, -0.2) is 0 Å². The molecule has 1 aliphatic rings. The molecule has 2 N–H and O–H groups in total. The molecule has 2 aromatic heterocycles. The molecule has 3 rings (SSSR count). The first-order valence-electron chi connectivity index (χ1n) is 7.16. The first kappa shape index (κ1) is 13.7. The van der Waals surface area contributed by atoms with Crippen LogP contribution in [-0.4, -0.2) is 34.2 Å². The Morgan fingerprint density at radius 1 is 1.45 bits per heavy atom. The molecule has 1 aliphatic heterocycles. The van der Waals surface area contributed by atoms with Crippen LogP contribution in [0.4, 0.5) is 0 Å². The summed E-state index contributed by atoms with van der Waals surface area (Å²) >= 11 is 1.64. The summed E-state index contributed by atoms with van der Waals surface area (Å²) in [6.45, 7) is 2.58. The van der Waals surface area contributed by atoms with E-state index < -0.39 is 0 Å². The standard InChI is InChI=1S/C14H20N4OS/c15-6-4-12-3-1-2-7-18(12)9-13-16-14(17-19-13)11-5-8-20-10-11/h5,8,10,12H,1-4,6-7,9,15H2. The zero-order chi connectivity index (χ0) is 13.8. The van der Waals surface area contributed by atoms with Gasteiger partial charge in [0.1, 0.15) is 0 Å². The lowest BCUT2D eigenvalue weighted by Crippen LogP contribution is -2.40. The monoisotopic (exact) mass is 292 g/mol. The molecule has 0 bridgehead atoms. The minimum atomic E-state index is 0.560. The number of nitrogens with two attached hydrogens (primary N) is 1. The highest BCUT2D eigenvalue weighted by atomic mass is 32.1. The molecule has 1 saturated heterocycles. The van der Waals surface area contributed by atoms with Crippen LogP contribution >= 0.6 is 11.3 Å². The van der Waals surface area contributed by atoms with Crippen LogP contribution in [0.15, 0.2) is 21.3 Å². The van der Waals surface area contributed by atoms with Crippen LogP contribution in [0.25, 0.3) is 11.4 Å². The van der Waals surface area contributed by atoms with E-state index in [1.807, 2.05) is 16.8 Å². The predicted octanol–water partition coefficient (Wildman–Crippen LogP) is 2.50. The highest BCUT2D eigenvalue weighted by Crippen LogP contribution is 2.23. The number of piperidine rings is 1. The van der Waals surface area contributed by atoms with Gasteiger partial charge in [0.2, 0.25) is 11.7 Å². The molecule has 0 amide bonds. The number of thiophene rings is 1. The third-order valence-electron chi connectivity index (χ3n) is 3.83. The van der Waals surface area contributed by atoms with E-state index in [1.54, 1.807) is 11.3 Å². The van der Waals surface area contributed by atoms with Crippen LogP contribution in [-0.2, 0) is 6.54 Å². The Bertz CT molecular complexity index is 523. The van der Waals surface area contributed by atoms with E-state index >= 15 is 0 Å². The lowest BCUT2D eigenvalue weighted by atomic mass is 9.99. The van der Waals surface area contributed by atoms with Crippen LogP contribution in [0.3, 0.4) is 0 Å². The number of aromatic nitrogens is 2. The summed E-state index contributed by atoms with van der Waals surface area (Å²) in [5.41, 5.74) is 6.74. The van der Waals surface area contributed by atoms with Gasteiger partial charge in [0.25, 0.3) is 0 Å². The average molecular weight is 292 g/mol. The summed E-state index contributed by atoms with van der Waals surface area (Å²) in [6.07, 6.45) is 4.81. The largest absolute Gasteiger partial charge is 0.338 e. The van der Waals surface area contributed by atoms with Crippen LogP contribution in [0, 0.1) is 0 Å². The summed E-state index contributed by atoms with van der Waals surface area (Å²) in [7, 11) is 0. The Morgan fingerprint density at radius 3 is 3.20 bits per heavy atom. The first-order chi connectivity index (χ1) is 9.86. The highest BCUT2D eigenvalue weighted by Gasteiger charge is 2.23. The fraction of sp³-hybridized carbons (Fsp3) is 0.571. The van der Waals surface area contributed by atoms with Crippen LogP contribution in [0.5, 0.6) is 0 Å². The SMILES string of the molecule is NCCC1CCCCN1Cc1nc(-c2ccsc2)no1. The molecule has 1 fully saturated rings. The molecule has 1 unspecified atom stereocenters. The zero-order valence-corrected chi connectivity index (χ0v) is 12.3. The van der Waals surface area contributed by atoms with Crippen molar-refractivity contribution in [1.29, 1.82) is 0 Å². The fourth-order valence-electron chi connectivity index (χ4n) is 2.79. The number of hydrogen-bond acceptors (Lipinski definition) is 6. The van der Waals surface area contributed by atoms with Gasteiger partial charge in [-0.3, -0.25) is 4.90 Å². The van der Waals surface area contributed by atoms with E-state index in [2.05, 4.69) is 15.0 Å². The van der Waals surface area contributed by atoms with Gasteiger partial charge >= 0.3 is 0 Å². The quantitative estimate of drug-likeness (QED) is 0.917. The van der Waals surface area contributed by atoms with Crippen LogP contribution in [0.2, 0.25) is 0 Å². The second-order valence-corrected chi connectivity index (χ2v) is 6.00. The normalized spacial score (nSPS) is 20.4. The molecule has 0 saturated carbocycles. The molecule has 3 heterocycles. The Labute approximate surface area is 122 Å². The van der Waals surface area contributed by atoms with Crippen LogP contribution < -0.4 is 5.73 Å². The molecule has 5 nitrogen and oxygen atoms in total. The number of rotatable bonds is 5. The second-order valence-electron chi connectivity index (χ2n) is 5.22. The smallest absolute Gasteiger partial charge is 0.241 e. The molecular weight excluding hydrogens is 272 g/mol. The van der Waals surface area contributed by atoms with Gasteiger partial charge in [-0.2, -0.15) is 16.3 Å². The lowest BCUT2D eigenvalue weighted by molar-refractivity contribution is 0.118. The number of nitrogens with zero attached hydrogens (tertiary/aromatic N) is 3. The molecule has 0 aromatic carbocycles. The topological polar surface area (TPSA) is 68.2 Å². The Hall–Kier alpha value is -1.24. The summed E-state index contributed by atoms with van der Waals surface area (Å²) in [6, 6.07) is 2.57. The van der Waals surface area contributed by atoms with Gasteiger partial charge in [0, 0.05) is 17.0 Å². The van der Waals surface area contributed by atoms with Crippen LogP contribution in [0.1, 0.15) is 31.6 Å². The molecule has 20 heavy (non-hydrogen) atoms. The highest BCUT2D eigenvalue weighted by molar-refractivity contribution is 7.08. The van der Waals surface area contributed by atoms with E-state index in [1.165, 1.54) is 19.3 Å². The van der Waals surface area contributed by atoms with E-state index in [4.69, 9.17) is 10.3 Å². The maximum atomic E-state index is 5.71. The maximum Gasteiger partial charge on any atom is 0.241 e. The third kappa shape index (κ3) is 3.08. The van der Waals surface area contributed by atoms with Crippen molar-refractivity contribution in [3.8, 4) is 11.4 Å². The molecule has 0 spiro atoms.